The van der Waals surface area contributed by atoms with Crippen molar-refractivity contribution in [2.45, 2.75) is 18.6 Å². The maximum Gasteiger partial charge on any atom is 0.230 e. The number of nitrogens with one attached hydrogen (secondary N) is 1. The Morgan fingerprint density at radius 3 is 2.85 bits per heavy atom. The van der Waals surface area contributed by atoms with Crippen LogP contribution in [0.3, 0.4) is 0 Å². The van der Waals surface area contributed by atoms with Crippen LogP contribution in [0.2, 0.25) is 0 Å². The fourth-order valence-corrected chi connectivity index (χ4v) is 3.56. The molecule has 8 heteroatoms. The van der Waals surface area contributed by atoms with E-state index < -0.39 is 0 Å². The molecule has 5 rings (SSSR count). The summed E-state index contributed by atoms with van der Waals surface area (Å²) in [6.07, 6.45) is 3.10. The molecule has 0 saturated carbocycles. The number of morpholine rings is 1. The van der Waals surface area contributed by atoms with Crippen LogP contribution in [0.1, 0.15) is 6.42 Å². The lowest BCUT2D eigenvalue weighted by Crippen LogP contribution is -2.38. The van der Waals surface area contributed by atoms with Gasteiger partial charge in [0.1, 0.15) is 17.3 Å². The molecule has 0 radical (unpaired) electrons. The number of fused-ring (bicyclic) bond motifs is 2. The summed E-state index contributed by atoms with van der Waals surface area (Å²) in [7, 11) is 1.64. The molecule has 2 atom stereocenters. The maximum atomic E-state index is 5.64. The van der Waals surface area contributed by atoms with Crippen LogP contribution in [0.15, 0.2) is 47.1 Å². The molecule has 0 aliphatic carbocycles. The van der Waals surface area contributed by atoms with Crippen molar-refractivity contribution in [2.75, 3.05) is 30.5 Å². The van der Waals surface area contributed by atoms with E-state index in [1.807, 2.05) is 36.4 Å². The summed E-state index contributed by atoms with van der Waals surface area (Å²) < 4.78 is 16.2. The minimum absolute atomic E-state index is 0.302. The lowest BCUT2D eigenvalue weighted by molar-refractivity contribution is 0.0986. The van der Waals surface area contributed by atoms with Gasteiger partial charge in [-0.1, -0.05) is 5.16 Å². The summed E-state index contributed by atoms with van der Waals surface area (Å²) in [5.74, 6) is 2.71. The van der Waals surface area contributed by atoms with E-state index in [9.17, 15) is 0 Å². The number of aromatic nitrogens is 3. The highest BCUT2D eigenvalue weighted by Crippen LogP contribution is 2.31. The van der Waals surface area contributed by atoms with Crippen molar-refractivity contribution < 1.29 is 14.0 Å². The number of nitrogens with zero attached hydrogens (tertiary/aromatic N) is 4. The molecular formula is C19H19N5O3. The molecular weight excluding hydrogens is 346 g/mol. The van der Waals surface area contributed by atoms with Gasteiger partial charge in [-0.3, -0.25) is 0 Å². The summed E-state index contributed by atoms with van der Waals surface area (Å²) in [6, 6.07) is 11.7. The molecule has 4 heterocycles. The van der Waals surface area contributed by atoms with E-state index in [0.29, 0.717) is 29.8 Å². The van der Waals surface area contributed by atoms with Crippen LogP contribution in [0.25, 0.3) is 11.3 Å². The first-order chi connectivity index (χ1) is 13.3. The van der Waals surface area contributed by atoms with Gasteiger partial charge in [-0.25, -0.2) is 4.98 Å². The Labute approximate surface area is 156 Å². The number of hydrogen-bond donors (Lipinski definition) is 1. The molecule has 2 saturated heterocycles. The van der Waals surface area contributed by atoms with Crippen molar-refractivity contribution in [3.63, 3.8) is 0 Å². The topological polar surface area (TPSA) is 85.5 Å². The van der Waals surface area contributed by atoms with Crippen molar-refractivity contribution in [3.8, 4) is 17.0 Å². The van der Waals surface area contributed by atoms with Gasteiger partial charge >= 0.3 is 0 Å². The van der Waals surface area contributed by atoms with E-state index in [2.05, 4.69) is 25.3 Å². The van der Waals surface area contributed by atoms with E-state index in [0.717, 1.165) is 36.6 Å². The first kappa shape index (κ1) is 16.1. The van der Waals surface area contributed by atoms with Gasteiger partial charge in [0.2, 0.25) is 11.8 Å². The maximum absolute atomic E-state index is 5.64. The standard InChI is InChI=1S/C19H19N5O3/c1-25-14-4-2-12(3-5-14)16-9-18(27-23-16)21-17-6-7-20-19(22-17)24-10-15-8-13(24)11-26-15/h2-7,9,13,15H,8,10-11H2,1H3,(H,20,21,22)/t13-,15-/m0/s1. The highest BCUT2D eigenvalue weighted by molar-refractivity contribution is 5.64. The predicted octanol–water partition coefficient (Wildman–Crippen LogP) is 2.86. The van der Waals surface area contributed by atoms with Crippen LogP contribution in [0, 0.1) is 0 Å². The van der Waals surface area contributed by atoms with Gasteiger partial charge in [-0.2, -0.15) is 4.98 Å². The quantitative estimate of drug-likeness (QED) is 0.739. The lowest BCUT2D eigenvalue weighted by Gasteiger charge is -2.26. The van der Waals surface area contributed by atoms with Gasteiger partial charge < -0.3 is 24.2 Å². The smallest absolute Gasteiger partial charge is 0.230 e. The van der Waals surface area contributed by atoms with Crippen LogP contribution in [0.5, 0.6) is 5.75 Å². The SMILES string of the molecule is COc1ccc(-c2cc(Nc3ccnc(N4C[C@@H]5C[C@H]4CO5)n3)on2)cc1. The summed E-state index contributed by atoms with van der Waals surface area (Å²) >= 11 is 0. The summed E-state index contributed by atoms with van der Waals surface area (Å²) in [6.45, 7) is 1.59. The molecule has 8 nitrogen and oxygen atoms in total. The molecule has 3 aromatic rings. The van der Waals surface area contributed by atoms with E-state index in [1.165, 1.54) is 0 Å². The second-order valence-electron chi connectivity index (χ2n) is 6.67. The minimum atomic E-state index is 0.302. The van der Waals surface area contributed by atoms with Crippen molar-refractivity contribution in [2.24, 2.45) is 0 Å². The summed E-state index contributed by atoms with van der Waals surface area (Å²) in [5.41, 5.74) is 1.69. The number of ether oxygens (including phenoxy) is 2. The normalized spacial score (nSPS) is 20.9. The second-order valence-corrected chi connectivity index (χ2v) is 6.67. The third kappa shape index (κ3) is 3.08. The fraction of sp³-hybridized carbons (Fsp3) is 0.316. The molecule has 2 aromatic heterocycles. The molecule has 2 aliphatic rings. The van der Waals surface area contributed by atoms with Gasteiger partial charge in [0, 0.05) is 24.4 Å². The number of rotatable bonds is 5. The third-order valence-electron chi connectivity index (χ3n) is 4.95. The number of methoxy groups -OCH3 is 1. The monoisotopic (exact) mass is 365 g/mol. The Kier molecular flexibility index (Phi) is 3.90. The Hall–Kier alpha value is -3.13. The molecule has 1 aromatic carbocycles. The Balaban J connectivity index is 1.32. The molecule has 27 heavy (non-hydrogen) atoms. The van der Waals surface area contributed by atoms with Crippen LogP contribution >= 0.6 is 0 Å². The van der Waals surface area contributed by atoms with Gasteiger partial charge in [0.05, 0.1) is 25.9 Å². The molecule has 138 valence electrons. The third-order valence-corrected chi connectivity index (χ3v) is 4.95. The second kappa shape index (κ2) is 6.55. The van der Waals surface area contributed by atoms with Crippen LogP contribution in [-0.2, 0) is 4.74 Å². The molecule has 0 amide bonds. The first-order valence-electron chi connectivity index (χ1n) is 8.88. The highest BCUT2D eigenvalue weighted by atomic mass is 16.5. The first-order valence-corrected chi connectivity index (χ1v) is 8.88. The zero-order chi connectivity index (χ0) is 18.2. The average Bonchev–Trinajstić information content (AvgIpc) is 3.45. The fourth-order valence-electron chi connectivity index (χ4n) is 3.56. The highest BCUT2D eigenvalue weighted by Gasteiger charge is 2.40. The molecule has 2 fully saturated rings. The van der Waals surface area contributed by atoms with Gasteiger partial charge in [-0.15, -0.1) is 0 Å². The van der Waals surface area contributed by atoms with E-state index in [1.54, 1.807) is 13.3 Å². The van der Waals surface area contributed by atoms with Gasteiger partial charge in [0.15, 0.2) is 0 Å². The van der Waals surface area contributed by atoms with Crippen LogP contribution in [0.4, 0.5) is 17.7 Å². The molecule has 0 spiro atoms. The predicted molar refractivity (Wildman–Crippen MR) is 99.3 cm³/mol. The van der Waals surface area contributed by atoms with Gasteiger partial charge in [-0.05, 0) is 36.8 Å². The molecule has 0 unspecified atom stereocenters. The van der Waals surface area contributed by atoms with Crippen molar-refractivity contribution >= 4 is 17.7 Å². The average molecular weight is 365 g/mol. The number of hydrogen-bond acceptors (Lipinski definition) is 8. The lowest BCUT2D eigenvalue weighted by atomic mass is 10.1. The number of benzene rings is 1. The largest absolute Gasteiger partial charge is 0.497 e. The van der Waals surface area contributed by atoms with E-state index in [-0.39, 0.29) is 0 Å². The Morgan fingerprint density at radius 2 is 2.11 bits per heavy atom. The molecule has 1 N–H and O–H groups in total. The van der Waals surface area contributed by atoms with Gasteiger partial charge in [0.25, 0.3) is 0 Å². The number of anilines is 3. The zero-order valence-electron chi connectivity index (χ0n) is 14.8. The Bertz CT molecular complexity index is 943. The van der Waals surface area contributed by atoms with Crippen molar-refractivity contribution in [3.05, 3.63) is 42.6 Å². The minimum Gasteiger partial charge on any atom is -0.497 e. The molecule has 2 bridgehead atoms. The summed E-state index contributed by atoms with van der Waals surface area (Å²) in [5, 5.41) is 7.28. The van der Waals surface area contributed by atoms with Crippen LogP contribution in [-0.4, -0.2) is 47.5 Å². The van der Waals surface area contributed by atoms with E-state index in [4.69, 9.17) is 14.0 Å². The zero-order valence-corrected chi connectivity index (χ0v) is 14.8. The molecule has 2 aliphatic heterocycles. The van der Waals surface area contributed by atoms with Crippen molar-refractivity contribution in [1.82, 2.24) is 15.1 Å². The van der Waals surface area contributed by atoms with Crippen molar-refractivity contribution in [1.29, 1.82) is 0 Å². The summed E-state index contributed by atoms with van der Waals surface area (Å²) in [4.78, 5) is 11.2. The Morgan fingerprint density at radius 1 is 1.22 bits per heavy atom. The van der Waals surface area contributed by atoms with E-state index >= 15 is 0 Å². The van der Waals surface area contributed by atoms with Crippen LogP contribution < -0.4 is 15.0 Å².